The number of aromatic amines is 1. The van der Waals surface area contributed by atoms with E-state index in [1.54, 1.807) is 0 Å². The van der Waals surface area contributed by atoms with Crippen molar-refractivity contribution in [2.45, 2.75) is 38.2 Å². The van der Waals surface area contributed by atoms with Gasteiger partial charge in [0.2, 0.25) is 5.95 Å². The van der Waals surface area contributed by atoms with Gasteiger partial charge in [-0.1, -0.05) is 32.9 Å². The molecule has 0 saturated heterocycles. The molecule has 2 aromatic rings. The molecule has 0 radical (unpaired) electrons. The van der Waals surface area contributed by atoms with Crippen LogP contribution in [-0.2, 0) is 12.2 Å². The number of rotatable bonds is 6. The molecule has 0 fully saturated rings. The molecule has 1 aromatic carbocycles. The highest BCUT2D eigenvalue weighted by molar-refractivity contribution is 7.99. The standard InChI is InChI=1S/C16H21N3OS/c1-4-13-9-15(20)19-16(17-13)18-14-7-5-12(6-8-14)10-21-11(2)3/h5-9,11H,4,10H2,1-3H3,(H2,17,18,19,20). The van der Waals surface area contributed by atoms with Crippen molar-refractivity contribution in [2.75, 3.05) is 5.32 Å². The van der Waals surface area contributed by atoms with Crippen molar-refractivity contribution in [3.05, 3.63) is 51.9 Å². The zero-order valence-corrected chi connectivity index (χ0v) is 13.5. The molecule has 21 heavy (non-hydrogen) atoms. The lowest BCUT2D eigenvalue weighted by Gasteiger charge is -2.08. The number of hydrogen-bond acceptors (Lipinski definition) is 4. The van der Waals surface area contributed by atoms with Gasteiger partial charge in [-0.05, 0) is 29.4 Å². The van der Waals surface area contributed by atoms with Crippen LogP contribution in [0.4, 0.5) is 11.6 Å². The van der Waals surface area contributed by atoms with Crippen LogP contribution in [0.3, 0.4) is 0 Å². The van der Waals surface area contributed by atoms with E-state index in [-0.39, 0.29) is 5.56 Å². The van der Waals surface area contributed by atoms with Gasteiger partial charge in [0, 0.05) is 23.2 Å². The van der Waals surface area contributed by atoms with E-state index in [9.17, 15) is 4.79 Å². The Morgan fingerprint density at radius 2 is 2.00 bits per heavy atom. The molecule has 5 heteroatoms. The van der Waals surface area contributed by atoms with E-state index in [4.69, 9.17) is 0 Å². The monoisotopic (exact) mass is 303 g/mol. The molecule has 0 unspecified atom stereocenters. The van der Waals surface area contributed by atoms with E-state index in [1.165, 1.54) is 11.6 Å². The van der Waals surface area contributed by atoms with E-state index in [0.29, 0.717) is 11.2 Å². The van der Waals surface area contributed by atoms with Crippen LogP contribution in [0, 0.1) is 0 Å². The second kappa shape index (κ2) is 7.31. The Balaban J connectivity index is 2.06. The van der Waals surface area contributed by atoms with Crippen molar-refractivity contribution < 1.29 is 0 Å². The first-order valence-electron chi connectivity index (χ1n) is 7.14. The highest BCUT2D eigenvalue weighted by Crippen LogP contribution is 2.19. The molecule has 0 aliphatic carbocycles. The average Bonchev–Trinajstić information content (AvgIpc) is 2.46. The summed E-state index contributed by atoms with van der Waals surface area (Å²) in [5, 5.41) is 3.77. The molecule has 4 nitrogen and oxygen atoms in total. The fourth-order valence-corrected chi connectivity index (χ4v) is 2.55. The minimum absolute atomic E-state index is 0.130. The van der Waals surface area contributed by atoms with Crippen LogP contribution in [0.15, 0.2) is 35.1 Å². The Bertz CT molecular complexity index is 635. The molecular formula is C16H21N3OS. The summed E-state index contributed by atoms with van der Waals surface area (Å²) >= 11 is 1.92. The van der Waals surface area contributed by atoms with Crippen molar-refractivity contribution >= 4 is 23.4 Å². The van der Waals surface area contributed by atoms with Crippen LogP contribution < -0.4 is 10.9 Å². The third kappa shape index (κ3) is 4.93. The number of nitrogens with zero attached hydrogens (tertiary/aromatic N) is 1. The molecule has 0 aliphatic rings. The van der Waals surface area contributed by atoms with E-state index >= 15 is 0 Å². The van der Waals surface area contributed by atoms with Crippen LogP contribution in [0.25, 0.3) is 0 Å². The molecule has 112 valence electrons. The van der Waals surface area contributed by atoms with Gasteiger partial charge in [0.1, 0.15) is 0 Å². The SMILES string of the molecule is CCc1cc(=O)[nH]c(Nc2ccc(CSC(C)C)cc2)n1. The highest BCUT2D eigenvalue weighted by atomic mass is 32.2. The normalized spacial score (nSPS) is 10.9. The van der Waals surface area contributed by atoms with E-state index in [2.05, 4.69) is 41.3 Å². The van der Waals surface area contributed by atoms with Gasteiger partial charge in [-0.15, -0.1) is 0 Å². The Morgan fingerprint density at radius 3 is 2.62 bits per heavy atom. The smallest absolute Gasteiger partial charge is 0.252 e. The van der Waals surface area contributed by atoms with E-state index < -0.39 is 0 Å². The molecule has 0 atom stereocenters. The molecular weight excluding hydrogens is 282 g/mol. The molecule has 0 amide bonds. The fraction of sp³-hybridized carbons (Fsp3) is 0.375. The lowest BCUT2D eigenvalue weighted by atomic mass is 10.2. The number of aryl methyl sites for hydroxylation is 1. The molecule has 0 saturated carbocycles. The summed E-state index contributed by atoms with van der Waals surface area (Å²) in [5.74, 6) is 1.50. The predicted octanol–water partition coefficient (Wildman–Crippen LogP) is 3.72. The second-order valence-corrected chi connectivity index (χ2v) is 6.69. The lowest BCUT2D eigenvalue weighted by Crippen LogP contribution is -2.11. The number of anilines is 2. The first-order valence-corrected chi connectivity index (χ1v) is 8.19. The molecule has 1 aromatic heterocycles. The summed E-state index contributed by atoms with van der Waals surface area (Å²) in [5.41, 5.74) is 2.87. The number of hydrogen-bond donors (Lipinski definition) is 2. The maximum absolute atomic E-state index is 11.5. The maximum atomic E-state index is 11.5. The van der Waals surface area contributed by atoms with Crippen molar-refractivity contribution in [3.8, 4) is 0 Å². The summed E-state index contributed by atoms with van der Waals surface area (Å²) in [4.78, 5) is 18.6. The minimum Gasteiger partial charge on any atom is -0.326 e. The van der Waals surface area contributed by atoms with Crippen molar-refractivity contribution in [3.63, 3.8) is 0 Å². The molecule has 0 aliphatic heterocycles. The summed E-state index contributed by atoms with van der Waals surface area (Å²) in [7, 11) is 0. The number of aromatic nitrogens is 2. The first-order chi connectivity index (χ1) is 10.1. The molecule has 1 heterocycles. The Labute approximate surface area is 129 Å². The van der Waals surface area contributed by atoms with Gasteiger partial charge < -0.3 is 5.32 Å². The largest absolute Gasteiger partial charge is 0.326 e. The predicted molar refractivity (Wildman–Crippen MR) is 90.4 cm³/mol. The van der Waals surface area contributed by atoms with Crippen molar-refractivity contribution in [1.82, 2.24) is 9.97 Å². The van der Waals surface area contributed by atoms with Crippen molar-refractivity contribution in [1.29, 1.82) is 0 Å². The third-order valence-electron chi connectivity index (χ3n) is 2.96. The van der Waals surface area contributed by atoms with Crippen LogP contribution in [0.2, 0.25) is 0 Å². The number of thioether (sulfide) groups is 1. The molecule has 0 bridgehead atoms. The topological polar surface area (TPSA) is 57.8 Å². The Hall–Kier alpha value is -1.75. The fourth-order valence-electron chi connectivity index (χ4n) is 1.83. The third-order valence-corrected chi connectivity index (χ3v) is 4.12. The highest BCUT2D eigenvalue weighted by Gasteiger charge is 2.02. The second-order valence-electron chi connectivity index (χ2n) is 5.12. The number of benzene rings is 1. The van der Waals surface area contributed by atoms with Crippen LogP contribution >= 0.6 is 11.8 Å². The first kappa shape index (κ1) is 15.6. The van der Waals surface area contributed by atoms with Gasteiger partial charge in [0.25, 0.3) is 5.56 Å². The van der Waals surface area contributed by atoms with Gasteiger partial charge in [0.05, 0.1) is 0 Å². The van der Waals surface area contributed by atoms with Crippen LogP contribution in [0.5, 0.6) is 0 Å². The van der Waals surface area contributed by atoms with Gasteiger partial charge in [-0.3, -0.25) is 9.78 Å². The lowest BCUT2D eigenvalue weighted by molar-refractivity contribution is 0.986. The zero-order chi connectivity index (χ0) is 15.2. The quantitative estimate of drug-likeness (QED) is 0.854. The molecule has 2 rings (SSSR count). The van der Waals surface area contributed by atoms with Crippen LogP contribution in [0.1, 0.15) is 32.0 Å². The number of nitrogens with one attached hydrogen (secondary N) is 2. The molecule has 0 spiro atoms. The van der Waals surface area contributed by atoms with Gasteiger partial charge in [-0.25, -0.2) is 4.98 Å². The van der Waals surface area contributed by atoms with E-state index in [0.717, 1.165) is 23.6 Å². The summed E-state index contributed by atoms with van der Waals surface area (Å²) in [6.45, 7) is 6.37. The maximum Gasteiger partial charge on any atom is 0.252 e. The van der Waals surface area contributed by atoms with Gasteiger partial charge in [-0.2, -0.15) is 11.8 Å². The summed E-state index contributed by atoms with van der Waals surface area (Å²) in [6.07, 6.45) is 0.740. The van der Waals surface area contributed by atoms with Crippen molar-refractivity contribution in [2.24, 2.45) is 0 Å². The summed E-state index contributed by atoms with van der Waals surface area (Å²) in [6, 6.07) is 9.74. The van der Waals surface area contributed by atoms with Gasteiger partial charge in [0.15, 0.2) is 0 Å². The average molecular weight is 303 g/mol. The van der Waals surface area contributed by atoms with Crippen LogP contribution in [-0.4, -0.2) is 15.2 Å². The zero-order valence-electron chi connectivity index (χ0n) is 12.6. The minimum atomic E-state index is -0.130. The molecule has 2 N–H and O–H groups in total. The van der Waals surface area contributed by atoms with Gasteiger partial charge >= 0.3 is 0 Å². The Morgan fingerprint density at radius 1 is 1.29 bits per heavy atom. The van der Waals surface area contributed by atoms with E-state index in [1.807, 2.05) is 30.8 Å². The number of H-pyrrole nitrogens is 1. The summed E-state index contributed by atoms with van der Waals surface area (Å²) < 4.78 is 0. The Kier molecular flexibility index (Phi) is 5.44.